The minimum absolute atomic E-state index is 0.0515. The molecule has 0 saturated carbocycles. The molecule has 0 aliphatic rings. The van der Waals surface area contributed by atoms with Gasteiger partial charge in [-0.25, -0.2) is 4.98 Å². The van der Waals surface area contributed by atoms with Crippen LogP contribution in [0.15, 0.2) is 30.5 Å². The van der Waals surface area contributed by atoms with Crippen LogP contribution in [0.1, 0.15) is 5.56 Å². The maximum atomic E-state index is 10.7. The number of pyridine rings is 1. The van der Waals surface area contributed by atoms with E-state index in [0.29, 0.717) is 11.2 Å². The lowest BCUT2D eigenvalue weighted by molar-refractivity contribution is -0.384. The van der Waals surface area contributed by atoms with Crippen LogP contribution in [0.4, 0.5) is 5.69 Å². The van der Waals surface area contributed by atoms with Crippen LogP contribution < -0.4 is 4.74 Å². The third-order valence-electron chi connectivity index (χ3n) is 2.35. The van der Waals surface area contributed by atoms with Crippen LogP contribution >= 0.6 is 39.1 Å². The fourth-order valence-corrected chi connectivity index (χ4v) is 2.29. The van der Waals surface area contributed by atoms with Crippen LogP contribution in [0.2, 0.25) is 10.0 Å². The van der Waals surface area contributed by atoms with E-state index >= 15 is 0 Å². The molecule has 0 aliphatic heterocycles. The average molecular weight is 378 g/mol. The number of non-ortho nitro benzene ring substituents is 1. The van der Waals surface area contributed by atoms with Crippen LogP contribution in [0.5, 0.6) is 11.6 Å². The first-order valence-electron chi connectivity index (χ1n) is 5.33. The molecule has 2 aromatic rings. The Morgan fingerprint density at radius 2 is 1.95 bits per heavy atom. The molecule has 0 unspecified atom stereocenters. The Balaban J connectivity index is 2.30. The summed E-state index contributed by atoms with van der Waals surface area (Å²) < 4.78 is 5.46. The Bertz CT molecular complexity index is 627. The summed E-state index contributed by atoms with van der Waals surface area (Å²) >= 11 is 15.2. The Labute approximate surface area is 132 Å². The smallest absolute Gasteiger partial charge is 0.272 e. The number of hydrogen-bond donors (Lipinski definition) is 0. The van der Waals surface area contributed by atoms with Crippen molar-refractivity contribution >= 4 is 44.8 Å². The Morgan fingerprint density at radius 1 is 1.30 bits per heavy atom. The summed E-state index contributed by atoms with van der Waals surface area (Å²) in [6, 6.07) is 5.83. The molecule has 104 valence electrons. The second kappa shape index (κ2) is 6.39. The molecule has 0 radical (unpaired) electrons. The van der Waals surface area contributed by atoms with Crippen molar-refractivity contribution in [3.05, 3.63) is 56.2 Å². The van der Waals surface area contributed by atoms with E-state index in [1.54, 1.807) is 12.3 Å². The molecular formula is C12H7BrCl2N2O3. The van der Waals surface area contributed by atoms with Gasteiger partial charge in [-0.1, -0.05) is 45.2 Å². The molecule has 0 fully saturated rings. The van der Waals surface area contributed by atoms with Gasteiger partial charge < -0.3 is 4.74 Å². The van der Waals surface area contributed by atoms with E-state index in [2.05, 4.69) is 20.9 Å². The van der Waals surface area contributed by atoms with E-state index in [4.69, 9.17) is 27.9 Å². The zero-order valence-corrected chi connectivity index (χ0v) is 12.9. The number of aromatic nitrogens is 1. The first-order valence-corrected chi connectivity index (χ1v) is 7.21. The topological polar surface area (TPSA) is 65.3 Å². The van der Waals surface area contributed by atoms with E-state index < -0.39 is 4.92 Å². The summed E-state index contributed by atoms with van der Waals surface area (Å²) in [5.41, 5.74) is 0.785. The van der Waals surface area contributed by atoms with E-state index in [1.165, 1.54) is 12.1 Å². The van der Waals surface area contributed by atoms with Crippen molar-refractivity contribution in [1.82, 2.24) is 4.98 Å². The molecule has 0 N–H and O–H groups in total. The van der Waals surface area contributed by atoms with Gasteiger partial charge in [0.05, 0.1) is 15.0 Å². The molecule has 0 saturated heterocycles. The SMILES string of the molecule is O=[N+]([O-])c1cc(Cl)c(Oc2ccc(CBr)cn2)c(Cl)c1. The number of rotatable bonds is 4. The zero-order chi connectivity index (χ0) is 14.7. The van der Waals surface area contributed by atoms with Crippen molar-refractivity contribution in [1.29, 1.82) is 0 Å². The second-order valence-corrected chi connectivity index (χ2v) is 5.11. The van der Waals surface area contributed by atoms with Crippen molar-refractivity contribution in [2.75, 3.05) is 0 Å². The van der Waals surface area contributed by atoms with Crippen molar-refractivity contribution in [2.24, 2.45) is 0 Å². The lowest BCUT2D eigenvalue weighted by atomic mass is 10.3. The van der Waals surface area contributed by atoms with E-state index in [-0.39, 0.29) is 21.5 Å². The number of hydrogen-bond acceptors (Lipinski definition) is 4. The van der Waals surface area contributed by atoms with Gasteiger partial charge in [0.15, 0.2) is 5.75 Å². The predicted octanol–water partition coefficient (Wildman–Crippen LogP) is 4.98. The monoisotopic (exact) mass is 376 g/mol. The van der Waals surface area contributed by atoms with Gasteiger partial charge in [0.1, 0.15) is 0 Å². The highest BCUT2D eigenvalue weighted by atomic mass is 79.9. The highest BCUT2D eigenvalue weighted by Crippen LogP contribution is 2.38. The van der Waals surface area contributed by atoms with Crippen LogP contribution in [-0.4, -0.2) is 9.91 Å². The van der Waals surface area contributed by atoms with Gasteiger partial charge in [-0.3, -0.25) is 10.1 Å². The number of nitro groups is 1. The van der Waals surface area contributed by atoms with Gasteiger partial charge in [-0.15, -0.1) is 0 Å². The van der Waals surface area contributed by atoms with E-state index in [9.17, 15) is 10.1 Å². The van der Waals surface area contributed by atoms with Gasteiger partial charge in [-0.05, 0) is 5.56 Å². The summed E-state index contributed by atoms with van der Waals surface area (Å²) in [5, 5.41) is 11.5. The number of halogens is 3. The molecule has 0 aliphatic carbocycles. The summed E-state index contributed by atoms with van der Waals surface area (Å²) in [4.78, 5) is 14.2. The molecular weight excluding hydrogens is 371 g/mol. The maximum absolute atomic E-state index is 10.7. The van der Waals surface area contributed by atoms with Gasteiger partial charge in [0.25, 0.3) is 5.69 Å². The van der Waals surface area contributed by atoms with Crippen LogP contribution in [0, 0.1) is 10.1 Å². The quantitative estimate of drug-likeness (QED) is 0.428. The molecule has 1 aromatic heterocycles. The number of alkyl halides is 1. The lowest BCUT2D eigenvalue weighted by Crippen LogP contribution is -1.93. The third kappa shape index (κ3) is 3.39. The number of ether oxygens (including phenoxy) is 1. The number of nitro benzene ring substituents is 1. The third-order valence-corrected chi connectivity index (χ3v) is 3.56. The molecule has 20 heavy (non-hydrogen) atoms. The normalized spacial score (nSPS) is 10.3. The van der Waals surface area contributed by atoms with E-state index in [1.807, 2.05) is 6.07 Å². The van der Waals surface area contributed by atoms with Gasteiger partial charge in [0.2, 0.25) is 5.88 Å². The van der Waals surface area contributed by atoms with Crippen LogP contribution in [-0.2, 0) is 5.33 Å². The molecule has 5 nitrogen and oxygen atoms in total. The van der Waals surface area contributed by atoms with Crippen LogP contribution in [0.3, 0.4) is 0 Å². The molecule has 1 aromatic carbocycles. The highest BCUT2D eigenvalue weighted by molar-refractivity contribution is 9.08. The first kappa shape index (κ1) is 15.0. The Kier molecular flexibility index (Phi) is 4.80. The van der Waals surface area contributed by atoms with Crippen molar-refractivity contribution < 1.29 is 9.66 Å². The molecule has 2 rings (SSSR count). The predicted molar refractivity (Wildman–Crippen MR) is 80.1 cm³/mol. The first-order chi connectivity index (χ1) is 9.51. The molecule has 0 bridgehead atoms. The summed E-state index contributed by atoms with van der Waals surface area (Å²) in [7, 11) is 0. The van der Waals surface area contributed by atoms with Crippen molar-refractivity contribution in [3.8, 4) is 11.6 Å². The van der Waals surface area contributed by atoms with Crippen LogP contribution in [0.25, 0.3) is 0 Å². The van der Waals surface area contributed by atoms with Gasteiger partial charge in [0, 0.05) is 29.7 Å². The largest absolute Gasteiger partial charge is 0.436 e. The number of benzene rings is 1. The lowest BCUT2D eigenvalue weighted by Gasteiger charge is -2.08. The second-order valence-electron chi connectivity index (χ2n) is 3.74. The zero-order valence-electron chi connectivity index (χ0n) is 9.85. The maximum Gasteiger partial charge on any atom is 0.272 e. The average Bonchev–Trinajstić information content (AvgIpc) is 2.43. The molecule has 0 spiro atoms. The minimum atomic E-state index is -0.579. The number of nitrogens with zero attached hydrogens (tertiary/aromatic N) is 2. The molecule has 8 heteroatoms. The molecule has 0 atom stereocenters. The summed E-state index contributed by atoms with van der Waals surface area (Å²) in [6.45, 7) is 0. The fourth-order valence-electron chi connectivity index (χ4n) is 1.40. The van der Waals surface area contributed by atoms with Gasteiger partial charge >= 0.3 is 0 Å². The van der Waals surface area contributed by atoms with Gasteiger partial charge in [-0.2, -0.15) is 0 Å². The highest BCUT2D eigenvalue weighted by Gasteiger charge is 2.16. The summed E-state index contributed by atoms with van der Waals surface area (Å²) in [5.74, 6) is 0.436. The molecule has 1 heterocycles. The minimum Gasteiger partial charge on any atom is -0.436 e. The van der Waals surface area contributed by atoms with Crippen molar-refractivity contribution in [3.63, 3.8) is 0 Å². The standard InChI is InChI=1S/C12H7BrCl2N2O3/c13-5-7-1-2-11(16-6-7)20-12-9(14)3-8(17(18)19)4-10(12)15/h1-4,6H,5H2. The van der Waals surface area contributed by atoms with E-state index in [0.717, 1.165) is 5.56 Å². The summed E-state index contributed by atoms with van der Waals surface area (Å²) in [6.07, 6.45) is 1.64. The molecule has 0 amide bonds. The fraction of sp³-hybridized carbons (Fsp3) is 0.0833. The Morgan fingerprint density at radius 3 is 2.40 bits per heavy atom. The Hall–Kier alpha value is -1.37. The van der Waals surface area contributed by atoms with Crippen molar-refractivity contribution in [2.45, 2.75) is 5.33 Å².